The van der Waals surface area contributed by atoms with Gasteiger partial charge in [-0.25, -0.2) is 13.6 Å². The minimum Gasteiger partial charge on any atom is -0.267 e. The summed E-state index contributed by atoms with van der Waals surface area (Å²) in [7, 11) is -3.94. The first kappa shape index (κ1) is 18.6. The third-order valence-corrected chi connectivity index (χ3v) is 4.73. The van der Waals surface area contributed by atoms with Crippen molar-refractivity contribution in [1.29, 1.82) is 0 Å². The van der Waals surface area contributed by atoms with E-state index in [1.54, 1.807) is 26.0 Å². The van der Waals surface area contributed by atoms with Gasteiger partial charge in [0.2, 0.25) is 10.0 Å². The highest BCUT2D eigenvalue weighted by Gasteiger charge is 2.16. The lowest BCUT2D eigenvalue weighted by Crippen LogP contribution is -2.42. The number of hydrazine groups is 1. The molecule has 0 saturated heterocycles. The average Bonchev–Trinajstić information content (AvgIpc) is 2.51. The number of carbonyl (C=O) groups is 2. The number of carbonyl (C=O) groups excluding carboxylic acids is 2. The molecule has 2 rings (SSSR count). The fourth-order valence-electron chi connectivity index (χ4n) is 2.37. The van der Waals surface area contributed by atoms with Gasteiger partial charge in [-0.2, -0.15) is 0 Å². The van der Waals surface area contributed by atoms with Crippen LogP contribution in [0, 0.1) is 20.8 Å². The Hall–Kier alpha value is -2.71. The van der Waals surface area contributed by atoms with Gasteiger partial charge < -0.3 is 0 Å². The normalized spacial score (nSPS) is 11.0. The van der Waals surface area contributed by atoms with Crippen LogP contribution < -0.4 is 16.0 Å². The van der Waals surface area contributed by atoms with Crippen LogP contribution in [0.4, 0.5) is 0 Å². The average molecular weight is 361 g/mol. The van der Waals surface area contributed by atoms with E-state index in [0.29, 0.717) is 11.1 Å². The van der Waals surface area contributed by atoms with E-state index in [1.165, 1.54) is 18.2 Å². The Morgan fingerprint density at radius 1 is 0.880 bits per heavy atom. The number of hydrogen-bond donors (Lipinski definition) is 3. The minimum absolute atomic E-state index is 0.0653. The molecule has 4 N–H and O–H groups in total. The summed E-state index contributed by atoms with van der Waals surface area (Å²) in [5.74, 6) is -1.12. The Morgan fingerprint density at radius 3 is 2.12 bits per heavy atom. The summed E-state index contributed by atoms with van der Waals surface area (Å²) < 4.78 is 23.0. The second kappa shape index (κ2) is 7.04. The standard InChI is InChI=1S/C17H19N3O4S/c1-10-4-7-14(12(3)8-10)17(22)20-19-16(21)13-6-5-11(2)15(9-13)25(18,23)24/h4-9H,1-3H3,(H,19,21)(H,20,22)(H2,18,23,24). The summed E-state index contributed by atoms with van der Waals surface area (Å²) in [5, 5.41) is 5.12. The molecule has 0 atom stereocenters. The van der Waals surface area contributed by atoms with E-state index in [4.69, 9.17) is 5.14 Å². The molecule has 0 aliphatic rings. The maximum absolute atomic E-state index is 12.2. The van der Waals surface area contributed by atoms with E-state index < -0.39 is 21.8 Å². The molecule has 0 bridgehead atoms. The molecule has 2 aromatic carbocycles. The van der Waals surface area contributed by atoms with Crippen LogP contribution in [0.2, 0.25) is 0 Å². The molecule has 0 fully saturated rings. The lowest BCUT2D eigenvalue weighted by Gasteiger charge is -2.11. The van der Waals surface area contributed by atoms with Gasteiger partial charge >= 0.3 is 0 Å². The molecule has 0 radical (unpaired) electrons. The largest absolute Gasteiger partial charge is 0.269 e. The third-order valence-electron chi connectivity index (χ3n) is 3.67. The topological polar surface area (TPSA) is 118 Å². The number of benzene rings is 2. The van der Waals surface area contributed by atoms with Crippen molar-refractivity contribution in [2.75, 3.05) is 0 Å². The van der Waals surface area contributed by atoms with Gasteiger partial charge in [0.1, 0.15) is 0 Å². The van der Waals surface area contributed by atoms with Gasteiger partial charge in [-0.15, -0.1) is 0 Å². The number of aryl methyl sites for hydroxylation is 3. The zero-order valence-electron chi connectivity index (χ0n) is 14.1. The molecule has 132 valence electrons. The SMILES string of the molecule is Cc1ccc(C(=O)NNC(=O)c2ccc(C)c(S(N)(=O)=O)c2)c(C)c1. The highest BCUT2D eigenvalue weighted by Crippen LogP contribution is 2.15. The van der Waals surface area contributed by atoms with Gasteiger partial charge in [0, 0.05) is 11.1 Å². The van der Waals surface area contributed by atoms with Crippen LogP contribution in [-0.2, 0) is 10.0 Å². The summed E-state index contributed by atoms with van der Waals surface area (Å²) in [6.07, 6.45) is 0. The van der Waals surface area contributed by atoms with E-state index in [1.807, 2.05) is 13.0 Å². The van der Waals surface area contributed by atoms with Crippen molar-refractivity contribution in [2.24, 2.45) is 5.14 Å². The van der Waals surface area contributed by atoms with Gasteiger partial charge in [0.15, 0.2) is 0 Å². The Morgan fingerprint density at radius 2 is 1.52 bits per heavy atom. The number of hydrogen-bond acceptors (Lipinski definition) is 4. The van der Waals surface area contributed by atoms with Gasteiger partial charge in [-0.05, 0) is 50.1 Å². The molecule has 0 aliphatic carbocycles. The highest BCUT2D eigenvalue weighted by atomic mass is 32.2. The maximum atomic E-state index is 12.2. The minimum atomic E-state index is -3.94. The molecule has 25 heavy (non-hydrogen) atoms. The van der Waals surface area contributed by atoms with E-state index in [2.05, 4.69) is 10.9 Å². The first-order valence-corrected chi connectivity index (χ1v) is 8.95. The number of sulfonamides is 1. The molecule has 8 heteroatoms. The summed E-state index contributed by atoms with van der Waals surface area (Å²) in [6, 6.07) is 9.40. The number of nitrogens with two attached hydrogens (primary N) is 1. The van der Waals surface area contributed by atoms with Crippen molar-refractivity contribution in [3.63, 3.8) is 0 Å². The van der Waals surface area contributed by atoms with E-state index >= 15 is 0 Å². The van der Waals surface area contributed by atoms with Gasteiger partial charge in [0.25, 0.3) is 11.8 Å². The van der Waals surface area contributed by atoms with Crippen LogP contribution in [0.1, 0.15) is 37.4 Å². The van der Waals surface area contributed by atoms with Crippen LogP contribution in [0.3, 0.4) is 0 Å². The predicted molar refractivity (Wildman–Crippen MR) is 93.4 cm³/mol. The van der Waals surface area contributed by atoms with E-state index in [0.717, 1.165) is 11.1 Å². The zero-order valence-corrected chi connectivity index (χ0v) is 14.9. The van der Waals surface area contributed by atoms with Crippen molar-refractivity contribution in [3.05, 3.63) is 64.2 Å². The fraction of sp³-hybridized carbons (Fsp3) is 0.176. The van der Waals surface area contributed by atoms with Crippen LogP contribution in [0.25, 0.3) is 0 Å². The lowest BCUT2D eigenvalue weighted by molar-refractivity contribution is 0.0846. The van der Waals surface area contributed by atoms with Crippen LogP contribution in [0.5, 0.6) is 0 Å². The molecular formula is C17H19N3O4S. The molecule has 0 saturated carbocycles. The summed E-state index contributed by atoms with van der Waals surface area (Å²) >= 11 is 0. The molecule has 2 amide bonds. The summed E-state index contributed by atoms with van der Waals surface area (Å²) in [4.78, 5) is 24.2. The third kappa shape index (κ3) is 4.43. The maximum Gasteiger partial charge on any atom is 0.269 e. The van der Waals surface area contributed by atoms with Gasteiger partial charge in [0.05, 0.1) is 4.90 Å². The quantitative estimate of drug-likeness (QED) is 0.715. The van der Waals surface area contributed by atoms with Crippen molar-refractivity contribution in [1.82, 2.24) is 10.9 Å². The second-order valence-electron chi connectivity index (χ2n) is 5.75. The fourth-order valence-corrected chi connectivity index (χ4v) is 3.18. The van der Waals surface area contributed by atoms with Gasteiger partial charge in [-0.1, -0.05) is 23.8 Å². The molecule has 2 aromatic rings. The first-order valence-electron chi connectivity index (χ1n) is 7.41. The highest BCUT2D eigenvalue weighted by molar-refractivity contribution is 7.89. The molecule has 0 aromatic heterocycles. The first-order chi connectivity index (χ1) is 11.6. The number of nitrogens with one attached hydrogen (secondary N) is 2. The van der Waals surface area contributed by atoms with Crippen LogP contribution in [-0.4, -0.2) is 20.2 Å². The van der Waals surface area contributed by atoms with Gasteiger partial charge in [-0.3, -0.25) is 20.4 Å². The number of amides is 2. The number of rotatable bonds is 3. The van der Waals surface area contributed by atoms with Crippen molar-refractivity contribution >= 4 is 21.8 Å². The Balaban J connectivity index is 2.14. The predicted octanol–water partition coefficient (Wildman–Crippen LogP) is 1.33. The smallest absolute Gasteiger partial charge is 0.267 e. The zero-order chi connectivity index (χ0) is 18.8. The van der Waals surface area contributed by atoms with Crippen LogP contribution >= 0.6 is 0 Å². The Labute approximate surface area is 146 Å². The molecule has 0 spiro atoms. The molecule has 0 unspecified atom stereocenters. The molecular weight excluding hydrogens is 342 g/mol. The molecule has 7 nitrogen and oxygen atoms in total. The molecule has 0 aliphatic heterocycles. The van der Waals surface area contributed by atoms with E-state index in [9.17, 15) is 18.0 Å². The second-order valence-corrected chi connectivity index (χ2v) is 7.28. The van der Waals surface area contributed by atoms with Crippen LogP contribution in [0.15, 0.2) is 41.3 Å². The monoisotopic (exact) mass is 361 g/mol. The lowest BCUT2D eigenvalue weighted by atomic mass is 10.1. The number of primary sulfonamides is 1. The van der Waals surface area contributed by atoms with Crippen molar-refractivity contribution < 1.29 is 18.0 Å². The van der Waals surface area contributed by atoms with E-state index in [-0.39, 0.29) is 10.5 Å². The van der Waals surface area contributed by atoms with Crippen molar-refractivity contribution in [2.45, 2.75) is 25.7 Å². The summed E-state index contributed by atoms with van der Waals surface area (Å²) in [5.41, 5.74) is 7.30. The Kier molecular flexibility index (Phi) is 5.24. The summed E-state index contributed by atoms with van der Waals surface area (Å²) in [6.45, 7) is 5.28. The van der Waals surface area contributed by atoms with Crippen molar-refractivity contribution in [3.8, 4) is 0 Å². The molecule has 0 heterocycles. The Bertz CT molecular complexity index is 952.